The zero-order chi connectivity index (χ0) is 15.6. The summed E-state index contributed by atoms with van der Waals surface area (Å²) in [7, 11) is 0. The molecule has 1 aromatic heterocycles. The van der Waals surface area contributed by atoms with Crippen LogP contribution in [0.5, 0.6) is 0 Å². The minimum atomic E-state index is -4.41. The van der Waals surface area contributed by atoms with Crippen LogP contribution in [0.15, 0.2) is 36.5 Å². The van der Waals surface area contributed by atoms with E-state index < -0.39 is 17.7 Å². The maximum atomic E-state index is 12.5. The van der Waals surface area contributed by atoms with Crippen LogP contribution in [-0.2, 0) is 17.4 Å². The molecule has 0 fully saturated rings. The fraction of sp³-hybridized carbons (Fsp3) is 0.143. The Labute approximate surface area is 123 Å². The van der Waals surface area contributed by atoms with Crippen molar-refractivity contribution in [3.05, 3.63) is 52.8 Å². The molecule has 0 aliphatic heterocycles. The van der Waals surface area contributed by atoms with Crippen LogP contribution in [0, 0.1) is 0 Å². The van der Waals surface area contributed by atoms with Gasteiger partial charge in [-0.25, -0.2) is 4.98 Å². The van der Waals surface area contributed by atoms with Gasteiger partial charge < -0.3 is 5.11 Å². The summed E-state index contributed by atoms with van der Waals surface area (Å²) in [4.78, 5) is 14.5. The van der Waals surface area contributed by atoms with E-state index in [1.54, 1.807) is 0 Å². The average Bonchev–Trinajstić information content (AvgIpc) is 2.39. The predicted molar refractivity (Wildman–Crippen MR) is 71.0 cm³/mol. The van der Waals surface area contributed by atoms with Gasteiger partial charge in [-0.2, -0.15) is 13.2 Å². The Morgan fingerprint density at radius 3 is 2.38 bits per heavy atom. The van der Waals surface area contributed by atoms with Gasteiger partial charge in [0.2, 0.25) is 0 Å². The van der Waals surface area contributed by atoms with Crippen molar-refractivity contribution in [2.75, 3.05) is 0 Å². The highest BCUT2D eigenvalue weighted by molar-refractivity contribution is 6.32. The van der Waals surface area contributed by atoms with Crippen molar-refractivity contribution in [1.82, 2.24) is 4.98 Å². The molecule has 1 heterocycles. The summed E-state index contributed by atoms with van der Waals surface area (Å²) in [6, 6.07) is 5.93. The second kappa shape index (κ2) is 5.73. The van der Waals surface area contributed by atoms with Crippen molar-refractivity contribution in [2.24, 2.45) is 0 Å². The predicted octanol–water partition coefficient (Wildman–Crippen LogP) is 4.05. The summed E-state index contributed by atoms with van der Waals surface area (Å²) in [5.41, 5.74) is 0.482. The fourth-order valence-electron chi connectivity index (χ4n) is 1.80. The minimum Gasteiger partial charge on any atom is -0.481 e. The third-order valence-corrected chi connectivity index (χ3v) is 3.08. The summed E-state index contributed by atoms with van der Waals surface area (Å²) < 4.78 is 37.5. The molecule has 0 aliphatic carbocycles. The molecule has 2 aromatic rings. The fourth-order valence-corrected chi connectivity index (χ4v) is 2.02. The van der Waals surface area contributed by atoms with Crippen molar-refractivity contribution in [3.8, 4) is 11.1 Å². The van der Waals surface area contributed by atoms with Crippen molar-refractivity contribution in [1.29, 1.82) is 0 Å². The summed E-state index contributed by atoms with van der Waals surface area (Å²) in [5.74, 6) is -1.03. The van der Waals surface area contributed by atoms with E-state index in [1.807, 2.05) is 0 Å². The van der Waals surface area contributed by atoms with Crippen LogP contribution < -0.4 is 0 Å². The molecule has 1 aromatic carbocycles. The number of carboxylic acids is 1. The molecule has 0 bridgehead atoms. The lowest BCUT2D eigenvalue weighted by molar-refractivity contribution is -0.138. The van der Waals surface area contributed by atoms with Crippen LogP contribution >= 0.6 is 11.6 Å². The standard InChI is InChI=1S/C14H9ClF3NO2/c15-13-11(5-8(7-19-13)6-12(20)21)9-1-3-10(4-2-9)14(16,17)18/h1-5,7H,6H2,(H,20,21). The summed E-state index contributed by atoms with van der Waals surface area (Å²) >= 11 is 5.92. The van der Waals surface area contributed by atoms with E-state index >= 15 is 0 Å². The van der Waals surface area contributed by atoms with E-state index in [0.29, 0.717) is 16.7 Å². The van der Waals surface area contributed by atoms with E-state index in [-0.39, 0.29) is 11.6 Å². The number of carboxylic acid groups (broad SMARTS) is 1. The summed E-state index contributed by atoms with van der Waals surface area (Å²) in [6.07, 6.45) is -3.33. The highest BCUT2D eigenvalue weighted by Crippen LogP contribution is 2.32. The monoisotopic (exact) mass is 315 g/mol. The topological polar surface area (TPSA) is 50.2 Å². The van der Waals surface area contributed by atoms with Crippen LogP contribution in [0.25, 0.3) is 11.1 Å². The number of pyridine rings is 1. The minimum absolute atomic E-state index is 0.101. The lowest BCUT2D eigenvalue weighted by Crippen LogP contribution is -2.04. The number of carbonyl (C=O) groups is 1. The van der Waals surface area contributed by atoms with Crippen LogP contribution in [0.4, 0.5) is 13.2 Å². The molecule has 1 N–H and O–H groups in total. The van der Waals surface area contributed by atoms with E-state index in [0.717, 1.165) is 12.1 Å². The van der Waals surface area contributed by atoms with E-state index in [9.17, 15) is 18.0 Å². The van der Waals surface area contributed by atoms with Crippen LogP contribution in [0.2, 0.25) is 5.15 Å². The molecular formula is C14H9ClF3NO2. The number of nitrogens with zero attached hydrogens (tertiary/aromatic N) is 1. The van der Waals surface area contributed by atoms with Gasteiger partial charge in [-0.3, -0.25) is 4.79 Å². The van der Waals surface area contributed by atoms with Gasteiger partial charge in [-0.1, -0.05) is 23.7 Å². The first kappa shape index (κ1) is 15.3. The van der Waals surface area contributed by atoms with Gasteiger partial charge in [0.15, 0.2) is 0 Å². The van der Waals surface area contributed by atoms with Gasteiger partial charge in [0.05, 0.1) is 12.0 Å². The molecule has 21 heavy (non-hydrogen) atoms. The normalized spacial score (nSPS) is 11.4. The van der Waals surface area contributed by atoms with Crippen molar-refractivity contribution >= 4 is 17.6 Å². The number of halogens is 4. The Morgan fingerprint density at radius 2 is 1.86 bits per heavy atom. The van der Waals surface area contributed by atoms with Crippen LogP contribution in [0.3, 0.4) is 0 Å². The maximum Gasteiger partial charge on any atom is 0.416 e. The molecule has 0 saturated heterocycles. The second-order valence-electron chi connectivity index (χ2n) is 4.33. The quantitative estimate of drug-likeness (QED) is 0.869. The molecule has 0 atom stereocenters. The SMILES string of the molecule is O=C(O)Cc1cnc(Cl)c(-c2ccc(C(F)(F)F)cc2)c1. The zero-order valence-electron chi connectivity index (χ0n) is 10.5. The van der Waals surface area contributed by atoms with Gasteiger partial charge in [0.25, 0.3) is 0 Å². The highest BCUT2D eigenvalue weighted by Gasteiger charge is 2.30. The van der Waals surface area contributed by atoms with Gasteiger partial charge >= 0.3 is 12.1 Å². The Balaban J connectivity index is 2.39. The summed E-state index contributed by atoms with van der Waals surface area (Å²) in [6.45, 7) is 0. The van der Waals surface area contributed by atoms with Crippen molar-refractivity contribution in [2.45, 2.75) is 12.6 Å². The smallest absolute Gasteiger partial charge is 0.416 e. The van der Waals surface area contributed by atoms with Crippen molar-refractivity contribution < 1.29 is 23.1 Å². The number of hydrogen-bond donors (Lipinski definition) is 1. The Bertz CT molecular complexity index is 669. The number of rotatable bonds is 3. The third-order valence-electron chi connectivity index (χ3n) is 2.77. The second-order valence-corrected chi connectivity index (χ2v) is 4.69. The number of aliphatic carboxylic acids is 1. The molecule has 0 amide bonds. The molecule has 7 heteroatoms. The molecule has 2 rings (SSSR count). The molecule has 110 valence electrons. The lowest BCUT2D eigenvalue weighted by atomic mass is 10.0. The number of hydrogen-bond acceptors (Lipinski definition) is 2. The highest BCUT2D eigenvalue weighted by atomic mass is 35.5. The van der Waals surface area contributed by atoms with E-state index in [4.69, 9.17) is 16.7 Å². The number of benzene rings is 1. The van der Waals surface area contributed by atoms with Gasteiger partial charge in [-0.15, -0.1) is 0 Å². The van der Waals surface area contributed by atoms with E-state index in [2.05, 4.69) is 4.98 Å². The van der Waals surface area contributed by atoms with Gasteiger partial charge in [0.1, 0.15) is 5.15 Å². The summed E-state index contributed by atoms with van der Waals surface area (Å²) in [5, 5.41) is 8.84. The van der Waals surface area contributed by atoms with Gasteiger partial charge in [0, 0.05) is 11.8 Å². The molecule has 0 aliphatic rings. The van der Waals surface area contributed by atoms with Crippen LogP contribution in [0.1, 0.15) is 11.1 Å². The molecule has 0 saturated carbocycles. The largest absolute Gasteiger partial charge is 0.481 e. The molecule has 0 unspecified atom stereocenters. The number of aromatic nitrogens is 1. The number of alkyl halides is 3. The first-order valence-corrected chi connectivity index (χ1v) is 6.19. The van der Waals surface area contributed by atoms with Crippen LogP contribution in [-0.4, -0.2) is 16.1 Å². The molecule has 0 radical (unpaired) electrons. The van der Waals surface area contributed by atoms with Crippen molar-refractivity contribution in [3.63, 3.8) is 0 Å². The maximum absolute atomic E-state index is 12.5. The van der Waals surface area contributed by atoms with E-state index in [1.165, 1.54) is 24.4 Å². The third kappa shape index (κ3) is 3.72. The Kier molecular flexibility index (Phi) is 4.18. The first-order valence-electron chi connectivity index (χ1n) is 5.81. The Morgan fingerprint density at radius 1 is 1.24 bits per heavy atom. The lowest BCUT2D eigenvalue weighted by Gasteiger charge is -2.09. The van der Waals surface area contributed by atoms with Gasteiger partial charge in [-0.05, 0) is 29.3 Å². The average molecular weight is 316 g/mol. The molecule has 0 spiro atoms. The first-order chi connectivity index (χ1) is 9.77. The molecular weight excluding hydrogens is 307 g/mol. The zero-order valence-corrected chi connectivity index (χ0v) is 11.2. The Hall–Kier alpha value is -2.08. The molecule has 3 nitrogen and oxygen atoms in total.